The van der Waals surface area contributed by atoms with Crippen molar-refractivity contribution in [2.24, 2.45) is 0 Å². The first-order valence-corrected chi connectivity index (χ1v) is 10.1. The van der Waals surface area contributed by atoms with Gasteiger partial charge in [0.15, 0.2) is 9.84 Å². The van der Waals surface area contributed by atoms with E-state index in [1.54, 1.807) is 0 Å². The monoisotopic (exact) mass is 373 g/mol. The zero-order valence-corrected chi connectivity index (χ0v) is 14.5. The number of nitrogens with one attached hydrogen (secondary N) is 1. The number of aromatic nitrogens is 2. The van der Waals surface area contributed by atoms with Crippen molar-refractivity contribution < 1.29 is 8.42 Å². The molecule has 1 unspecified atom stereocenters. The standard InChI is InChI=1S/C14H20BrN3O2S/c1-2-6-16-14-11(15)12(9-3-4-9)17-13(18-14)10-5-7-21(19,20)8-10/h9-10H,2-8H2,1H3,(H,16,17,18). The molecule has 0 amide bonds. The van der Waals surface area contributed by atoms with Crippen LogP contribution in [-0.2, 0) is 9.84 Å². The molecule has 1 aliphatic heterocycles. The van der Waals surface area contributed by atoms with Crippen LogP contribution in [0.25, 0.3) is 0 Å². The van der Waals surface area contributed by atoms with Crippen molar-refractivity contribution in [1.29, 1.82) is 0 Å². The van der Waals surface area contributed by atoms with Crippen molar-refractivity contribution in [3.8, 4) is 0 Å². The average molecular weight is 374 g/mol. The molecule has 2 aliphatic rings. The van der Waals surface area contributed by atoms with Crippen molar-refractivity contribution in [3.05, 3.63) is 16.0 Å². The minimum atomic E-state index is -2.91. The summed E-state index contributed by atoms with van der Waals surface area (Å²) >= 11 is 3.61. The molecule has 1 N–H and O–H groups in total. The van der Waals surface area contributed by atoms with Crippen LogP contribution in [-0.4, -0.2) is 36.4 Å². The average Bonchev–Trinajstić information content (AvgIpc) is 3.21. The van der Waals surface area contributed by atoms with Crippen LogP contribution < -0.4 is 5.32 Å². The van der Waals surface area contributed by atoms with Crippen LogP contribution >= 0.6 is 15.9 Å². The molecule has 1 aromatic rings. The van der Waals surface area contributed by atoms with Crippen LogP contribution in [0.1, 0.15) is 56.0 Å². The first-order chi connectivity index (χ1) is 10.00. The maximum absolute atomic E-state index is 11.7. The minimum Gasteiger partial charge on any atom is -0.369 e. The molecule has 1 aromatic heterocycles. The van der Waals surface area contributed by atoms with Gasteiger partial charge in [0.2, 0.25) is 0 Å². The van der Waals surface area contributed by atoms with Crippen LogP contribution in [0, 0.1) is 0 Å². The number of anilines is 1. The van der Waals surface area contributed by atoms with Crippen LogP contribution in [0.5, 0.6) is 0 Å². The maximum atomic E-state index is 11.7. The van der Waals surface area contributed by atoms with Gasteiger partial charge >= 0.3 is 0 Å². The van der Waals surface area contributed by atoms with Gasteiger partial charge in [-0.3, -0.25) is 0 Å². The van der Waals surface area contributed by atoms with E-state index in [4.69, 9.17) is 0 Å². The molecule has 1 atom stereocenters. The molecule has 116 valence electrons. The predicted molar refractivity (Wildman–Crippen MR) is 86.5 cm³/mol. The fraction of sp³-hybridized carbons (Fsp3) is 0.714. The Balaban J connectivity index is 1.94. The second kappa shape index (κ2) is 5.83. The van der Waals surface area contributed by atoms with E-state index in [0.29, 0.717) is 18.2 Å². The lowest BCUT2D eigenvalue weighted by molar-refractivity contribution is 0.601. The summed E-state index contributed by atoms with van der Waals surface area (Å²) in [5.41, 5.74) is 1.04. The zero-order valence-electron chi connectivity index (χ0n) is 12.1. The fourth-order valence-corrected chi connectivity index (χ4v) is 5.03. The Morgan fingerprint density at radius 1 is 1.24 bits per heavy atom. The van der Waals surface area contributed by atoms with Crippen molar-refractivity contribution >= 4 is 31.6 Å². The molecule has 3 rings (SSSR count). The summed E-state index contributed by atoms with van der Waals surface area (Å²) in [5.74, 6) is 2.40. The topological polar surface area (TPSA) is 72.0 Å². The molecule has 21 heavy (non-hydrogen) atoms. The summed E-state index contributed by atoms with van der Waals surface area (Å²) in [6.07, 6.45) is 3.97. The van der Waals surface area contributed by atoms with Gasteiger partial charge in [-0.15, -0.1) is 0 Å². The molecule has 2 fully saturated rings. The molecular formula is C14H20BrN3O2S. The summed E-state index contributed by atoms with van der Waals surface area (Å²) in [6, 6.07) is 0. The number of sulfone groups is 1. The van der Waals surface area contributed by atoms with E-state index in [9.17, 15) is 8.42 Å². The lowest BCUT2D eigenvalue weighted by Crippen LogP contribution is -2.13. The van der Waals surface area contributed by atoms with Gasteiger partial charge < -0.3 is 5.32 Å². The third kappa shape index (κ3) is 3.39. The molecule has 0 bridgehead atoms. The quantitative estimate of drug-likeness (QED) is 0.858. The van der Waals surface area contributed by atoms with E-state index in [-0.39, 0.29) is 17.4 Å². The van der Waals surface area contributed by atoms with Gasteiger partial charge in [-0.1, -0.05) is 6.92 Å². The molecule has 2 heterocycles. The van der Waals surface area contributed by atoms with E-state index in [0.717, 1.165) is 41.8 Å². The Morgan fingerprint density at radius 2 is 2.00 bits per heavy atom. The summed E-state index contributed by atoms with van der Waals surface area (Å²) in [5, 5.41) is 3.32. The number of nitrogens with zero attached hydrogens (tertiary/aromatic N) is 2. The third-order valence-corrected chi connectivity index (χ3v) is 6.55. The third-order valence-electron chi connectivity index (χ3n) is 4.00. The van der Waals surface area contributed by atoms with Crippen molar-refractivity contribution in [2.45, 2.75) is 44.4 Å². The first-order valence-electron chi connectivity index (χ1n) is 7.52. The van der Waals surface area contributed by atoms with Gasteiger partial charge in [-0.05, 0) is 41.6 Å². The van der Waals surface area contributed by atoms with Gasteiger partial charge in [0, 0.05) is 18.4 Å². The SMILES string of the molecule is CCCNc1nc(C2CCS(=O)(=O)C2)nc(C2CC2)c1Br. The number of halogens is 1. The van der Waals surface area contributed by atoms with Gasteiger partial charge in [0.1, 0.15) is 11.6 Å². The van der Waals surface area contributed by atoms with Crippen molar-refractivity contribution in [2.75, 3.05) is 23.4 Å². The van der Waals surface area contributed by atoms with Crippen LogP contribution in [0.4, 0.5) is 5.82 Å². The van der Waals surface area contributed by atoms with Crippen molar-refractivity contribution in [3.63, 3.8) is 0 Å². The summed E-state index contributed by atoms with van der Waals surface area (Å²) in [6.45, 7) is 2.95. The maximum Gasteiger partial charge on any atom is 0.151 e. The van der Waals surface area contributed by atoms with E-state index in [1.807, 2.05) is 0 Å². The Morgan fingerprint density at radius 3 is 2.57 bits per heavy atom. The van der Waals surface area contributed by atoms with E-state index < -0.39 is 9.84 Å². The predicted octanol–water partition coefficient (Wildman–Crippen LogP) is 2.84. The minimum absolute atomic E-state index is 0.0530. The molecule has 1 saturated carbocycles. The second-order valence-corrected chi connectivity index (χ2v) is 8.95. The highest BCUT2D eigenvalue weighted by atomic mass is 79.9. The molecule has 1 aliphatic carbocycles. The second-order valence-electron chi connectivity index (χ2n) is 5.93. The molecule has 5 nitrogen and oxygen atoms in total. The number of rotatable bonds is 5. The van der Waals surface area contributed by atoms with Crippen molar-refractivity contribution in [1.82, 2.24) is 9.97 Å². The molecule has 0 spiro atoms. The molecular weight excluding hydrogens is 354 g/mol. The van der Waals surface area contributed by atoms with Gasteiger partial charge in [0.25, 0.3) is 0 Å². The number of hydrogen-bond donors (Lipinski definition) is 1. The van der Waals surface area contributed by atoms with Crippen LogP contribution in [0.3, 0.4) is 0 Å². The Labute approximate surface area is 134 Å². The zero-order chi connectivity index (χ0) is 15.0. The Kier molecular flexibility index (Phi) is 4.23. The van der Waals surface area contributed by atoms with Gasteiger partial charge in [0.05, 0.1) is 21.7 Å². The summed E-state index contributed by atoms with van der Waals surface area (Å²) in [4.78, 5) is 9.28. The van der Waals surface area contributed by atoms with Crippen LogP contribution in [0.15, 0.2) is 4.47 Å². The fourth-order valence-electron chi connectivity index (χ4n) is 2.65. The van der Waals surface area contributed by atoms with Crippen LogP contribution in [0.2, 0.25) is 0 Å². The lowest BCUT2D eigenvalue weighted by Gasteiger charge is -2.14. The smallest absolute Gasteiger partial charge is 0.151 e. The summed E-state index contributed by atoms with van der Waals surface area (Å²) < 4.78 is 24.3. The van der Waals surface area contributed by atoms with E-state index in [1.165, 1.54) is 0 Å². The van der Waals surface area contributed by atoms with E-state index >= 15 is 0 Å². The lowest BCUT2D eigenvalue weighted by atomic mass is 10.1. The highest BCUT2D eigenvalue weighted by molar-refractivity contribution is 9.10. The first kappa shape index (κ1) is 15.2. The molecule has 1 saturated heterocycles. The molecule has 0 aromatic carbocycles. The molecule has 0 radical (unpaired) electrons. The largest absolute Gasteiger partial charge is 0.369 e. The Hall–Kier alpha value is -0.690. The van der Waals surface area contributed by atoms with Gasteiger partial charge in [-0.25, -0.2) is 18.4 Å². The highest BCUT2D eigenvalue weighted by Gasteiger charge is 2.34. The van der Waals surface area contributed by atoms with Gasteiger partial charge in [-0.2, -0.15) is 0 Å². The number of hydrogen-bond acceptors (Lipinski definition) is 5. The van der Waals surface area contributed by atoms with E-state index in [2.05, 4.69) is 38.1 Å². The normalized spacial score (nSPS) is 24.2. The Bertz CT molecular complexity index is 644. The molecule has 7 heteroatoms. The summed E-state index contributed by atoms with van der Waals surface area (Å²) in [7, 11) is -2.91. The highest BCUT2D eigenvalue weighted by Crippen LogP contribution is 2.44.